The molecular formula is C51H99NO4. The van der Waals surface area contributed by atoms with E-state index in [9.17, 15) is 9.59 Å². The highest BCUT2D eigenvalue weighted by Gasteiger charge is 2.12. The molecule has 0 bridgehead atoms. The summed E-state index contributed by atoms with van der Waals surface area (Å²) in [5, 5.41) is 0. The first-order valence-electron chi connectivity index (χ1n) is 25.1. The van der Waals surface area contributed by atoms with Gasteiger partial charge in [0.05, 0.1) is 13.2 Å². The molecule has 0 amide bonds. The molecule has 332 valence electrons. The van der Waals surface area contributed by atoms with Crippen LogP contribution < -0.4 is 0 Å². The second-order valence-electron chi connectivity index (χ2n) is 17.4. The maximum atomic E-state index is 12.6. The Bertz CT molecular complexity index is 820. The first-order chi connectivity index (χ1) is 27.5. The Balaban J connectivity index is 4.30. The summed E-state index contributed by atoms with van der Waals surface area (Å²) in [4.78, 5) is 27.5. The molecule has 0 fully saturated rings. The van der Waals surface area contributed by atoms with Crippen LogP contribution in [0, 0.1) is 11.8 Å². The smallest absolute Gasteiger partial charge is 0.305 e. The van der Waals surface area contributed by atoms with Crippen LogP contribution in [0.2, 0.25) is 0 Å². The Labute approximate surface area is 351 Å². The normalized spacial score (nSPS) is 11.9. The van der Waals surface area contributed by atoms with E-state index in [1.54, 1.807) is 0 Å². The van der Waals surface area contributed by atoms with E-state index >= 15 is 0 Å². The Kier molecular flexibility index (Phi) is 43.9. The summed E-state index contributed by atoms with van der Waals surface area (Å²) in [5.41, 5.74) is 0. The van der Waals surface area contributed by atoms with Crippen LogP contribution in [0.15, 0.2) is 12.2 Å². The molecule has 0 spiro atoms. The second-order valence-corrected chi connectivity index (χ2v) is 17.4. The average molecular weight is 790 g/mol. The van der Waals surface area contributed by atoms with E-state index in [0.717, 1.165) is 102 Å². The van der Waals surface area contributed by atoms with Gasteiger partial charge in [0.2, 0.25) is 0 Å². The third-order valence-corrected chi connectivity index (χ3v) is 11.8. The number of rotatable bonds is 46. The topological polar surface area (TPSA) is 55.8 Å². The summed E-state index contributed by atoms with van der Waals surface area (Å²) in [6.07, 6.45) is 45.5. The van der Waals surface area contributed by atoms with Crippen LogP contribution in [-0.2, 0) is 19.1 Å². The van der Waals surface area contributed by atoms with Gasteiger partial charge in [-0.1, -0.05) is 188 Å². The van der Waals surface area contributed by atoms with Crippen molar-refractivity contribution in [1.82, 2.24) is 4.90 Å². The Morgan fingerprint density at radius 3 is 1.41 bits per heavy atom. The standard InChI is InChI=1S/C51H99NO4/c1-6-11-15-22-33-48(34-23-16-12-7-2)37-26-19-27-39-50(53)40-28-20-30-42-52(44-47-55-45-10-5)43-31-21-29-41-51(54)56-46-32-38-49(35-24-17-13-8-3)36-25-18-14-9-4/h27,39,48-49H,6-26,28-38,40-47H2,1-5H3/b39-27-. The molecule has 0 heterocycles. The van der Waals surface area contributed by atoms with Crippen molar-refractivity contribution in [3.8, 4) is 0 Å². The largest absolute Gasteiger partial charge is 0.466 e. The lowest BCUT2D eigenvalue weighted by Crippen LogP contribution is -2.30. The molecule has 0 atom stereocenters. The number of esters is 1. The van der Waals surface area contributed by atoms with Crippen molar-refractivity contribution < 1.29 is 19.1 Å². The van der Waals surface area contributed by atoms with Crippen LogP contribution in [0.4, 0.5) is 0 Å². The molecule has 0 aliphatic carbocycles. The molecule has 0 aromatic heterocycles. The molecule has 0 radical (unpaired) electrons. The van der Waals surface area contributed by atoms with Gasteiger partial charge < -0.3 is 14.4 Å². The number of carbonyl (C=O) groups is 2. The number of ketones is 1. The SMILES string of the molecule is CCCCCCC(CCC/C=C\C(=O)CCCCCN(CCCCCC(=O)OCCCC(CCCCCC)CCCCCC)CCOCCC)CCCCCC. The molecule has 5 nitrogen and oxygen atoms in total. The first kappa shape index (κ1) is 54.8. The summed E-state index contributed by atoms with van der Waals surface area (Å²) >= 11 is 0. The summed E-state index contributed by atoms with van der Waals surface area (Å²) in [5.74, 6) is 1.96. The van der Waals surface area contributed by atoms with E-state index < -0.39 is 0 Å². The Morgan fingerprint density at radius 1 is 0.446 bits per heavy atom. The van der Waals surface area contributed by atoms with Crippen molar-refractivity contribution in [2.45, 2.75) is 253 Å². The third-order valence-electron chi connectivity index (χ3n) is 11.8. The molecular weight excluding hydrogens is 691 g/mol. The van der Waals surface area contributed by atoms with Crippen molar-refractivity contribution in [1.29, 1.82) is 0 Å². The van der Waals surface area contributed by atoms with Crippen LogP contribution in [-0.4, -0.2) is 56.1 Å². The van der Waals surface area contributed by atoms with Crippen molar-refractivity contribution in [3.05, 3.63) is 12.2 Å². The molecule has 0 saturated heterocycles. The molecule has 56 heavy (non-hydrogen) atoms. The minimum absolute atomic E-state index is 0.0170. The second kappa shape index (κ2) is 44.9. The minimum atomic E-state index is -0.0170. The van der Waals surface area contributed by atoms with Gasteiger partial charge in [0.15, 0.2) is 5.78 Å². The summed E-state index contributed by atoms with van der Waals surface area (Å²) in [6.45, 7) is 16.6. The van der Waals surface area contributed by atoms with Crippen LogP contribution in [0.5, 0.6) is 0 Å². The zero-order valence-electron chi connectivity index (χ0n) is 38.7. The molecule has 0 N–H and O–H groups in total. The zero-order chi connectivity index (χ0) is 41.0. The monoisotopic (exact) mass is 790 g/mol. The van der Waals surface area contributed by atoms with E-state index in [2.05, 4.69) is 45.6 Å². The van der Waals surface area contributed by atoms with Crippen molar-refractivity contribution >= 4 is 11.8 Å². The number of hydrogen-bond acceptors (Lipinski definition) is 5. The van der Waals surface area contributed by atoms with Gasteiger partial charge in [-0.05, 0) is 88.8 Å². The number of unbranched alkanes of at least 4 members (excludes halogenated alkanes) is 17. The van der Waals surface area contributed by atoms with Gasteiger partial charge in [0.25, 0.3) is 0 Å². The van der Waals surface area contributed by atoms with E-state index in [0.29, 0.717) is 25.2 Å². The average Bonchev–Trinajstić information content (AvgIpc) is 3.20. The number of allylic oxidation sites excluding steroid dienone is 2. The van der Waals surface area contributed by atoms with Crippen LogP contribution >= 0.6 is 0 Å². The van der Waals surface area contributed by atoms with Crippen molar-refractivity contribution in [2.24, 2.45) is 11.8 Å². The highest BCUT2D eigenvalue weighted by Crippen LogP contribution is 2.25. The van der Waals surface area contributed by atoms with E-state index in [1.165, 1.54) is 148 Å². The molecule has 0 saturated carbocycles. The van der Waals surface area contributed by atoms with Crippen LogP contribution in [0.1, 0.15) is 253 Å². The van der Waals surface area contributed by atoms with Crippen molar-refractivity contribution in [3.63, 3.8) is 0 Å². The summed E-state index contributed by atoms with van der Waals surface area (Å²) < 4.78 is 11.5. The van der Waals surface area contributed by atoms with Crippen LogP contribution in [0.25, 0.3) is 0 Å². The summed E-state index contributed by atoms with van der Waals surface area (Å²) in [7, 11) is 0. The number of nitrogens with zero attached hydrogens (tertiary/aromatic N) is 1. The quantitative estimate of drug-likeness (QED) is 0.0349. The number of ether oxygens (including phenoxy) is 2. The highest BCUT2D eigenvalue weighted by molar-refractivity contribution is 5.89. The number of hydrogen-bond donors (Lipinski definition) is 0. The van der Waals surface area contributed by atoms with Gasteiger partial charge in [-0.25, -0.2) is 0 Å². The zero-order valence-corrected chi connectivity index (χ0v) is 38.7. The molecule has 0 rings (SSSR count). The summed E-state index contributed by atoms with van der Waals surface area (Å²) in [6, 6.07) is 0. The lowest BCUT2D eigenvalue weighted by atomic mass is 9.90. The fraction of sp³-hybridized carbons (Fsp3) is 0.922. The van der Waals surface area contributed by atoms with Crippen LogP contribution in [0.3, 0.4) is 0 Å². The third kappa shape index (κ3) is 39.6. The van der Waals surface area contributed by atoms with Gasteiger partial charge >= 0.3 is 5.97 Å². The van der Waals surface area contributed by atoms with Gasteiger partial charge in [-0.2, -0.15) is 0 Å². The fourth-order valence-electron chi connectivity index (χ4n) is 8.13. The molecule has 0 aliphatic heterocycles. The maximum absolute atomic E-state index is 12.6. The van der Waals surface area contributed by atoms with Gasteiger partial charge in [0, 0.05) is 26.0 Å². The molecule has 0 unspecified atom stereocenters. The Hall–Kier alpha value is -1.20. The predicted molar refractivity (Wildman–Crippen MR) is 245 cm³/mol. The maximum Gasteiger partial charge on any atom is 0.305 e. The number of carbonyl (C=O) groups excluding carboxylic acids is 2. The van der Waals surface area contributed by atoms with Gasteiger partial charge in [-0.15, -0.1) is 0 Å². The Morgan fingerprint density at radius 2 is 0.911 bits per heavy atom. The first-order valence-corrected chi connectivity index (χ1v) is 25.1. The lowest BCUT2D eigenvalue weighted by Gasteiger charge is -2.22. The van der Waals surface area contributed by atoms with Gasteiger partial charge in [0.1, 0.15) is 0 Å². The molecule has 0 aromatic rings. The molecule has 0 aromatic carbocycles. The molecule has 0 aliphatic rings. The lowest BCUT2D eigenvalue weighted by molar-refractivity contribution is -0.144. The highest BCUT2D eigenvalue weighted by atomic mass is 16.5. The van der Waals surface area contributed by atoms with E-state index in [4.69, 9.17) is 9.47 Å². The van der Waals surface area contributed by atoms with E-state index in [-0.39, 0.29) is 5.97 Å². The van der Waals surface area contributed by atoms with E-state index in [1.807, 2.05) is 6.08 Å². The predicted octanol–water partition coefficient (Wildman–Crippen LogP) is 15.6. The molecule has 5 heteroatoms. The van der Waals surface area contributed by atoms with Crippen molar-refractivity contribution in [2.75, 3.05) is 39.5 Å². The minimum Gasteiger partial charge on any atom is -0.466 e. The van der Waals surface area contributed by atoms with Gasteiger partial charge in [-0.3, -0.25) is 9.59 Å². The fourth-order valence-corrected chi connectivity index (χ4v) is 8.13.